The third-order valence-corrected chi connectivity index (χ3v) is 4.72. The standard InChI is InChI=1S/C17H25N3O4/c1-19(10-14-8-15(24-18-14)12-5-6-12)17(22)13-4-3-7-20(9-13)16(21)11-23-2/h8,12-13H,3-7,9-11H2,1-2H3. The van der Waals surface area contributed by atoms with E-state index in [4.69, 9.17) is 9.26 Å². The summed E-state index contributed by atoms with van der Waals surface area (Å²) in [6.07, 6.45) is 3.98. The molecule has 2 amide bonds. The molecule has 1 saturated heterocycles. The lowest BCUT2D eigenvalue weighted by Gasteiger charge is -2.33. The van der Waals surface area contributed by atoms with E-state index in [2.05, 4.69) is 5.16 Å². The lowest BCUT2D eigenvalue weighted by molar-refractivity contribution is -0.142. The van der Waals surface area contributed by atoms with Gasteiger partial charge >= 0.3 is 0 Å². The number of aromatic nitrogens is 1. The van der Waals surface area contributed by atoms with Crippen LogP contribution in [0.25, 0.3) is 0 Å². The van der Waals surface area contributed by atoms with Gasteiger partial charge in [-0.2, -0.15) is 0 Å². The van der Waals surface area contributed by atoms with Gasteiger partial charge in [-0.1, -0.05) is 5.16 Å². The maximum atomic E-state index is 12.7. The Labute approximate surface area is 141 Å². The Morgan fingerprint density at radius 3 is 2.92 bits per heavy atom. The number of likely N-dealkylation sites (tertiary alicyclic amines) is 1. The molecule has 1 aromatic rings. The molecular formula is C17H25N3O4. The molecular weight excluding hydrogens is 310 g/mol. The molecule has 2 aliphatic rings. The van der Waals surface area contributed by atoms with Gasteiger partial charge < -0.3 is 19.1 Å². The molecule has 1 aliphatic heterocycles. The first kappa shape index (κ1) is 17.0. The average Bonchev–Trinajstić information content (AvgIpc) is 3.34. The van der Waals surface area contributed by atoms with Crippen molar-refractivity contribution in [3.63, 3.8) is 0 Å². The Kier molecular flexibility index (Phi) is 5.18. The van der Waals surface area contributed by atoms with Crippen LogP contribution in [0.15, 0.2) is 10.6 Å². The van der Waals surface area contributed by atoms with Gasteiger partial charge in [0, 0.05) is 39.2 Å². The van der Waals surface area contributed by atoms with E-state index < -0.39 is 0 Å². The fraction of sp³-hybridized carbons (Fsp3) is 0.706. The third-order valence-electron chi connectivity index (χ3n) is 4.72. The maximum Gasteiger partial charge on any atom is 0.248 e. The second-order valence-corrected chi connectivity index (χ2v) is 6.80. The van der Waals surface area contributed by atoms with Gasteiger partial charge in [-0.15, -0.1) is 0 Å². The highest BCUT2D eigenvalue weighted by atomic mass is 16.5. The molecule has 0 radical (unpaired) electrons. The molecule has 7 nitrogen and oxygen atoms in total. The number of hydrogen-bond donors (Lipinski definition) is 0. The van der Waals surface area contributed by atoms with Gasteiger partial charge in [0.1, 0.15) is 18.1 Å². The molecule has 0 spiro atoms. The number of nitrogens with zero attached hydrogens (tertiary/aromatic N) is 3. The second kappa shape index (κ2) is 7.34. The smallest absolute Gasteiger partial charge is 0.248 e. The van der Waals surface area contributed by atoms with Crippen LogP contribution in [0.5, 0.6) is 0 Å². The fourth-order valence-electron chi connectivity index (χ4n) is 3.22. The fourth-order valence-corrected chi connectivity index (χ4v) is 3.22. The SMILES string of the molecule is COCC(=O)N1CCCC(C(=O)N(C)Cc2cc(C3CC3)on2)C1. The van der Waals surface area contributed by atoms with Gasteiger partial charge in [-0.05, 0) is 25.7 Å². The monoisotopic (exact) mass is 335 g/mol. The Morgan fingerprint density at radius 2 is 2.21 bits per heavy atom. The number of rotatable bonds is 6. The van der Waals surface area contributed by atoms with Gasteiger partial charge in [0.25, 0.3) is 0 Å². The lowest BCUT2D eigenvalue weighted by Crippen LogP contribution is -2.46. The molecule has 1 unspecified atom stereocenters. The first-order valence-electron chi connectivity index (χ1n) is 8.55. The number of amides is 2. The Hall–Kier alpha value is -1.89. The summed E-state index contributed by atoms with van der Waals surface area (Å²) >= 11 is 0. The summed E-state index contributed by atoms with van der Waals surface area (Å²) in [6.45, 7) is 1.68. The van der Waals surface area contributed by atoms with Crippen LogP contribution in [0.4, 0.5) is 0 Å². The predicted molar refractivity (Wildman–Crippen MR) is 86.1 cm³/mol. The molecule has 1 aliphatic carbocycles. The molecule has 0 aromatic carbocycles. The molecule has 1 aromatic heterocycles. The van der Waals surface area contributed by atoms with Crippen molar-refractivity contribution in [2.24, 2.45) is 5.92 Å². The number of methoxy groups -OCH3 is 1. The van der Waals surface area contributed by atoms with Crippen LogP contribution in [0.1, 0.15) is 43.1 Å². The van der Waals surface area contributed by atoms with Crippen LogP contribution in [0, 0.1) is 5.92 Å². The van der Waals surface area contributed by atoms with E-state index in [0.717, 1.165) is 37.1 Å². The van der Waals surface area contributed by atoms with E-state index in [1.54, 1.807) is 16.8 Å². The van der Waals surface area contributed by atoms with E-state index in [9.17, 15) is 9.59 Å². The predicted octanol–water partition coefficient (Wildman–Crippen LogP) is 1.40. The van der Waals surface area contributed by atoms with Crippen LogP contribution >= 0.6 is 0 Å². The van der Waals surface area contributed by atoms with Gasteiger partial charge in [0.2, 0.25) is 11.8 Å². The topological polar surface area (TPSA) is 75.9 Å². The minimum atomic E-state index is -0.153. The van der Waals surface area contributed by atoms with Crippen LogP contribution in [-0.4, -0.2) is 60.6 Å². The Balaban J connectivity index is 1.54. The molecule has 1 atom stereocenters. The molecule has 0 bridgehead atoms. The number of carbonyl (C=O) groups is 2. The van der Waals surface area contributed by atoms with E-state index in [0.29, 0.717) is 25.6 Å². The first-order valence-corrected chi connectivity index (χ1v) is 8.55. The normalized spacial score (nSPS) is 20.9. The second-order valence-electron chi connectivity index (χ2n) is 6.80. The minimum absolute atomic E-state index is 0.0526. The van der Waals surface area contributed by atoms with E-state index in [1.807, 2.05) is 6.07 Å². The number of carbonyl (C=O) groups excluding carboxylic acids is 2. The van der Waals surface area contributed by atoms with Crippen molar-refractivity contribution < 1.29 is 18.8 Å². The average molecular weight is 335 g/mol. The molecule has 132 valence electrons. The zero-order valence-corrected chi connectivity index (χ0v) is 14.4. The summed E-state index contributed by atoms with van der Waals surface area (Å²) in [5.41, 5.74) is 0.788. The van der Waals surface area contributed by atoms with Crippen molar-refractivity contribution in [1.82, 2.24) is 15.0 Å². The summed E-state index contributed by atoms with van der Waals surface area (Å²) in [5, 5.41) is 4.06. The van der Waals surface area contributed by atoms with Gasteiger partial charge in [-0.25, -0.2) is 0 Å². The van der Waals surface area contributed by atoms with Crippen molar-refractivity contribution in [3.05, 3.63) is 17.5 Å². The summed E-state index contributed by atoms with van der Waals surface area (Å²) in [4.78, 5) is 28.0. The first-order chi connectivity index (χ1) is 11.6. The largest absolute Gasteiger partial charge is 0.375 e. The molecule has 3 rings (SSSR count). The van der Waals surface area contributed by atoms with Crippen molar-refractivity contribution in [2.45, 2.75) is 38.1 Å². The molecule has 24 heavy (non-hydrogen) atoms. The van der Waals surface area contributed by atoms with Crippen molar-refractivity contribution >= 4 is 11.8 Å². The highest BCUT2D eigenvalue weighted by Crippen LogP contribution is 2.40. The highest BCUT2D eigenvalue weighted by Gasteiger charge is 2.31. The van der Waals surface area contributed by atoms with Crippen LogP contribution in [0.2, 0.25) is 0 Å². The summed E-state index contributed by atoms with van der Waals surface area (Å²) in [5.74, 6) is 1.30. The number of ether oxygens (including phenoxy) is 1. The van der Waals surface area contributed by atoms with Gasteiger partial charge in [-0.3, -0.25) is 9.59 Å². The highest BCUT2D eigenvalue weighted by molar-refractivity contribution is 5.81. The summed E-state index contributed by atoms with van der Waals surface area (Å²) < 4.78 is 10.2. The van der Waals surface area contributed by atoms with Crippen molar-refractivity contribution in [2.75, 3.05) is 33.9 Å². The van der Waals surface area contributed by atoms with E-state index in [-0.39, 0.29) is 24.3 Å². The third kappa shape index (κ3) is 3.95. The molecule has 1 saturated carbocycles. The molecule has 2 heterocycles. The Morgan fingerprint density at radius 1 is 1.42 bits per heavy atom. The summed E-state index contributed by atoms with van der Waals surface area (Å²) in [6, 6.07) is 1.96. The maximum absolute atomic E-state index is 12.7. The van der Waals surface area contributed by atoms with Crippen molar-refractivity contribution in [3.8, 4) is 0 Å². The lowest BCUT2D eigenvalue weighted by atomic mass is 9.96. The van der Waals surface area contributed by atoms with Crippen LogP contribution in [-0.2, 0) is 20.9 Å². The quantitative estimate of drug-likeness (QED) is 0.785. The zero-order chi connectivity index (χ0) is 17.1. The molecule has 0 N–H and O–H groups in total. The van der Waals surface area contributed by atoms with Gasteiger partial charge in [0.05, 0.1) is 12.5 Å². The van der Waals surface area contributed by atoms with Crippen LogP contribution < -0.4 is 0 Å². The van der Waals surface area contributed by atoms with E-state index in [1.165, 1.54) is 7.11 Å². The van der Waals surface area contributed by atoms with Gasteiger partial charge in [0.15, 0.2) is 0 Å². The van der Waals surface area contributed by atoms with Crippen LogP contribution in [0.3, 0.4) is 0 Å². The minimum Gasteiger partial charge on any atom is -0.375 e. The summed E-state index contributed by atoms with van der Waals surface area (Å²) in [7, 11) is 3.29. The Bertz CT molecular complexity index is 596. The zero-order valence-electron chi connectivity index (χ0n) is 14.4. The number of piperidine rings is 1. The van der Waals surface area contributed by atoms with E-state index >= 15 is 0 Å². The molecule has 7 heteroatoms. The molecule has 2 fully saturated rings. The number of hydrogen-bond acceptors (Lipinski definition) is 5. The van der Waals surface area contributed by atoms with Crippen molar-refractivity contribution in [1.29, 1.82) is 0 Å².